The van der Waals surface area contributed by atoms with Crippen LogP contribution in [0.3, 0.4) is 0 Å². The summed E-state index contributed by atoms with van der Waals surface area (Å²) in [6.45, 7) is 3.52. The highest BCUT2D eigenvalue weighted by Gasteiger charge is 2.30. The highest BCUT2D eigenvalue weighted by atomic mass is 16.5. The van der Waals surface area contributed by atoms with E-state index < -0.39 is 0 Å². The third-order valence-electron chi connectivity index (χ3n) is 3.36. The summed E-state index contributed by atoms with van der Waals surface area (Å²) in [7, 11) is 1.82. The van der Waals surface area contributed by atoms with Crippen LogP contribution in [0.25, 0.3) is 0 Å². The Morgan fingerprint density at radius 1 is 1.63 bits per heavy atom. The Hall–Kier alpha value is -1.40. The van der Waals surface area contributed by atoms with E-state index in [0.29, 0.717) is 31.3 Å². The largest absolute Gasteiger partial charge is 0.462 e. The molecule has 0 radical (unpaired) electrons. The van der Waals surface area contributed by atoms with Crippen molar-refractivity contribution in [2.24, 2.45) is 7.05 Å². The zero-order chi connectivity index (χ0) is 13.8. The van der Waals surface area contributed by atoms with Crippen molar-refractivity contribution >= 4 is 5.97 Å². The van der Waals surface area contributed by atoms with Crippen molar-refractivity contribution in [3.63, 3.8) is 0 Å². The SMILES string of the molecule is CCOC(=O)c1cnn(C)c1CN(CCO)C1CC1. The van der Waals surface area contributed by atoms with Crippen molar-refractivity contribution in [2.75, 3.05) is 19.8 Å². The number of carbonyl (C=O) groups is 1. The van der Waals surface area contributed by atoms with Crippen LogP contribution in [-0.2, 0) is 18.3 Å². The zero-order valence-electron chi connectivity index (χ0n) is 11.5. The van der Waals surface area contributed by atoms with E-state index in [4.69, 9.17) is 9.84 Å². The van der Waals surface area contributed by atoms with Gasteiger partial charge in [0, 0.05) is 26.2 Å². The van der Waals surface area contributed by atoms with Crippen LogP contribution in [-0.4, -0.2) is 51.6 Å². The van der Waals surface area contributed by atoms with E-state index in [9.17, 15) is 4.79 Å². The molecule has 0 unspecified atom stereocenters. The van der Waals surface area contributed by atoms with Crippen molar-refractivity contribution in [3.05, 3.63) is 17.5 Å². The third-order valence-corrected chi connectivity index (χ3v) is 3.36. The van der Waals surface area contributed by atoms with E-state index in [0.717, 1.165) is 18.5 Å². The van der Waals surface area contributed by atoms with Crippen LogP contribution in [0.15, 0.2) is 6.20 Å². The monoisotopic (exact) mass is 267 g/mol. The Balaban J connectivity index is 2.13. The molecule has 0 spiro atoms. The Morgan fingerprint density at radius 3 is 2.95 bits per heavy atom. The van der Waals surface area contributed by atoms with Crippen LogP contribution in [0, 0.1) is 0 Å². The van der Waals surface area contributed by atoms with Gasteiger partial charge in [-0.25, -0.2) is 4.79 Å². The van der Waals surface area contributed by atoms with E-state index in [-0.39, 0.29) is 12.6 Å². The maximum Gasteiger partial charge on any atom is 0.341 e. The van der Waals surface area contributed by atoms with Gasteiger partial charge in [0.1, 0.15) is 5.56 Å². The van der Waals surface area contributed by atoms with Crippen LogP contribution in [0.5, 0.6) is 0 Å². The lowest BCUT2D eigenvalue weighted by molar-refractivity contribution is 0.0523. The third kappa shape index (κ3) is 3.33. The fourth-order valence-electron chi connectivity index (χ4n) is 2.18. The second-order valence-electron chi connectivity index (χ2n) is 4.77. The summed E-state index contributed by atoms with van der Waals surface area (Å²) in [6.07, 6.45) is 3.87. The zero-order valence-corrected chi connectivity index (χ0v) is 11.5. The van der Waals surface area contributed by atoms with E-state index in [1.54, 1.807) is 17.8 Å². The highest BCUT2D eigenvalue weighted by Crippen LogP contribution is 2.28. The van der Waals surface area contributed by atoms with Gasteiger partial charge in [-0.3, -0.25) is 9.58 Å². The quantitative estimate of drug-likeness (QED) is 0.731. The van der Waals surface area contributed by atoms with Crippen molar-refractivity contribution in [3.8, 4) is 0 Å². The fraction of sp³-hybridized carbons (Fsp3) is 0.692. The van der Waals surface area contributed by atoms with Crippen molar-refractivity contribution in [1.29, 1.82) is 0 Å². The number of esters is 1. The Bertz CT molecular complexity index is 440. The van der Waals surface area contributed by atoms with Gasteiger partial charge in [0.25, 0.3) is 0 Å². The van der Waals surface area contributed by atoms with Gasteiger partial charge in [-0.05, 0) is 19.8 Å². The molecule has 1 aliphatic carbocycles. The Morgan fingerprint density at radius 2 is 2.37 bits per heavy atom. The molecule has 6 heteroatoms. The molecular weight excluding hydrogens is 246 g/mol. The highest BCUT2D eigenvalue weighted by molar-refractivity contribution is 5.90. The minimum Gasteiger partial charge on any atom is -0.462 e. The minimum absolute atomic E-state index is 0.128. The molecule has 0 saturated heterocycles. The molecule has 1 fully saturated rings. The van der Waals surface area contributed by atoms with Crippen LogP contribution in [0.2, 0.25) is 0 Å². The van der Waals surface area contributed by atoms with E-state index in [1.807, 2.05) is 7.05 Å². The second-order valence-corrected chi connectivity index (χ2v) is 4.77. The van der Waals surface area contributed by atoms with Crippen LogP contribution >= 0.6 is 0 Å². The number of aliphatic hydroxyl groups excluding tert-OH is 1. The summed E-state index contributed by atoms with van der Waals surface area (Å²) in [4.78, 5) is 14.1. The van der Waals surface area contributed by atoms with Gasteiger partial charge < -0.3 is 9.84 Å². The van der Waals surface area contributed by atoms with Gasteiger partial charge >= 0.3 is 5.97 Å². The molecule has 19 heavy (non-hydrogen) atoms. The molecule has 6 nitrogen and oxygen atoms in total. The predicted molar refractivity (Wildman–Crippen MR) is 69.7 cm³/mol. The molecule has 0 bridgehead atoms. The topological polar surface area (TPSA) is 67.6 Å². The average Bonchev–Trinajstić information content (AvgIpc) is 3.15. The lowest BCUT2D eigenvalue weighted by Crippen LogP contribution is -2.30. The molecule has 1 heterocycles. The van der Waals surface area contributed by atoms with E-state index in [1.165, 1.54) is 0 Å². The number of hydrogen-bond acceptors (Lipinski definition) is 5. The van der Waals surface area contributed by atoms with Crippen LogP contribution in [0.1, 0.15) is 35.8 Å². The molecule has 1 aromatic heterocycles. The van der Waals surface area contributed by atoms with Gasteiger partial charge in [0.05, 0.1) is 25.1 Å². The maximum atomic E-state index is 11.9. The summed E-state index contributed by atoms with van der Waals surface area (Å²) in [5, 5.41) is 13.3. The molecule has 1 N–H and O–H groups in total. The van der Waals surface area contributed by atoms with Crippen molar-refractivity contribution < 1.29 is 14.6 Å². The summed E-state index contributed by atoms with van der Waals surface area (Å²) in [5.41, 5.74) is 1.37. The van der Waals surface area contributed by atoms with Gasteiger partial charge in [-0.2, -0.15) is 5.10 Å². The molecule has 0 aliphatic heterocycles. The van der Waals surface area contributed by atoms with Crippen LogP contribution < -0.4 is 0 Å². The number of aromatic nitrogens is 2. The molecule has 1 saturated carbocycles. The molecule has 2 rings (SSSR count). The Labute approximate surface area is 113 Å². The first-order chi connectivity index (χ1) is 9.17. The number of carbonyl (C=O) groups excluding carboxylic acids is 1. The number of ether oxygens (including phenoxy) is 1. The lowest BCUT2D eigenvalue weighted by atomic mass is 10.2. The van der Waals surface area contributed by atoms with Gasteiger partial charge in [-0.15, -0.1) is 0 Å². The van der Waals surface area contributed by atoms with Gasteiger partial charge in [-0.1, -0.05) is 0 Å². The summed E-state index contributed by atoms with van der Waals surface area (Å²) < 4.78 is 6.75. The number of nitrogens with zero attached hydrogens (tertiary/aromatic N) is 3. The molecular formula is C13H21N3O3. The smallest absolute Gasteiger partial charge is 0.341 e. The number of rotatable bonds is 7. The second kappa shape index (κ2) is 6.16. The van der Waals surface area contributed by atoms with Crippen LogP contribution in [0.4, 0.5) is 0 Å². The van der Waals surface area contributed by atoms with Gasteiger partial charge in [0.2, 0.25) is 0 Å². The molecule has 1 aliphatic rings. The normalized spacial score (nSPS) is 14.9. The van der Waals surface area contributed by atoms with E-state index in [2.05, 4.69) is 10.00 Å². The number of aryl methyl sites for hydroxylation is 1. The fourth-order valence-corrected chi connectivity index (χ4v) is 2.18. The molecule has 0 aromatic carbocycles. The summed E-state index contributed by atoms with van der Waals surface area (Å²) in [5.74, 6) is -0.328. The number of aliphatic hydroxyl groups is 1. The standard InChI is InChI=1S/C13H21N3O3/c1-3-19-13(18)11-8-14-15(2)12(11)9-16(6-7-17)10-4-5-10/h8,10,17H,3-7,9H2,1-2H3. The van der Waals surface area contributed by atoms with Crippen molar-refractivity contribution in [1.82, 2.24) is 14.7 Å². The van der Waals surface area contributed by atoms with Crippen molar-refractivity contribution in [2.45, 2.75) is 32.4 Å². The lowest BCUT2D eigenvalue weighted by Gasteiger charge is -2.21. The first-order valence-electron chi connectivity index (χ1n) is 6.70. The molecule has 106 valence electrons. The molecule has 1 aromatic rings. The Kier molecular flexibility index (Phi) is 4.55. The first kappa shape index (κ1) is 14.0. The predicted octanol–water partition coefficient (Wildman–Crippen LogP) is 0.554. The van der Waals surface area contributed by atoms with Gasteiger partial charge in [0.15, 0.2) is 0 Å². The summed E-state index contributed by atoms with van der Waals surface area (Å²) >= 11 is 0. The maximum absolute atomic E-state index is 11.9. The average molecular weight is 267 g/mol. The summed E-state index contributed by atoms with van der Waals surface area (Å²) in [6, 6.07) is 0.525. The molecule has 0 atom stereocenters. The molecule has 0 amide bonds. The minimum atomic E-state index is -0.328. The van der Waals surface area contributed by atoms with E-state index >= 15 is 0 Å². The number of hydrogen-bond donors (Lipinski definition) is 1. The first-order valence-corrected chi connectivity index (χ1v) is 6.70.